The summed E-state index contributed by atoms with van der Waals surface area (Å²) in [6, 6.07) is 28.3. The lowest BCUT2D eigenvalue weighted by Crippen LogP contribution is -2.82. The van der Waals surface area contributed by atoms with Gasteiger partial charge in [0.05, 0.1) is 12.6 Å². The Morgan fingerprint density at radius 2 is 1.43 bits per heavy atom. The third-order valence-electron chi connectivity index (χ3n) is 5.35. The van der Waals surface area contributed by atoms with Gasteiger partial charge in [-0.1, -0.05) is 54.6 Å². The second-order valence-electron chi connectivity index (χ2n) is 8.33. The number of anilines is 1. The fourth-order valence-corrected chi connectivity index (χ4v) is 3.75. The molecule has 3 rings (SSSR count). The van der Waals surface area contributed by atoms with Gasteiger partial charge in [0.1, 0.15) is 12.3 Å². The van der Waals surface area contributed by atoms with Crippen LogP contribution in [-0.2, 0) is 6.54 Å². The summed E-state index contributed by atoms with van der Waals surface area (Å²) in [7, 11) is 4.15. The van der Waals surface area contributed by atoms with Gasteiger partial charge in [0.2, 0.25) is 0 Å². The van der Waals surface area contributed by atoms with Crippen LogP contribution < -0.4 is 15.0 Å². The Morgan fingerprint density at radius 1 is 0.800 bits per heavy atom. The van der Waals surface area contributed by atoms with Crippen molar-refractivity contribution in [1.82, 2.24) is 0 Å². The largest absolute Gasteiger partial charge is 0.491 e. The number of rotatable bonds is 10. The standard InChI is InChI=1S/C27H34N2O/c1-21(2)30-26-16-12-24(13-17-26)27(23-8-6-5-7-9-23)18-19-28-20-22-10-14-25(15-11-22)29(3)4/h5-17,21,27-28H,18-20H2,1-4H3/p+1/t27-/m1/s1. The average Bonchev–Trinajstić information content (AvgIpc) is 2.75. The molecule has 0 fully saturated rings. The summed E-state index contributed by atoms with van der Waals surface area (Å²) in [6.45, 7) is 6.21. The zero-order valence-corrected chi connectivity index (χ0v) is 18.7. The topological polar surface area (TPSA) is 29.1 Å². The molecule has 3 nitrogen and oxygen atoms in total. The molecule has 0 radical (unpaired) electrons. The van der Waals surface area contributed by atoms with Gasteiger partial charge in [-0.05, 0) is 49.2 Å². The second-order valence-corrected chi connectivity index (χ2v) is 8.33. The van der Waals surface area contributed by atoms with Gasteiger partial charge in [-0.15, -0.1) is 0 Å². The Hall–Kier alpha value is -2.78. The minimum absolute atomic E-state index is 0.196. The van der Waals surface area contributed by atoms with E-state index >= 15 is 0 Å². The monoisotopic (exact) mass is 403 g/mol. The van der Waals surface area contributed by atoms with E-state index in [1.54, 1.807) is 0 Å². The first-order valence-electron chi connectivity index (χ1n) is 10.9. The summed E-state index contributed by atoms with van der Waals surface area (Å²) in [4.78, 5) is 2.13. The average molecular weight is 404 g/mol. The van der Waals surface area contributed by atoms with Crippen molar-refractivity contribution < 1.29 is 10.1 Å². The Kier molecular flexibility index (Phi) is 7.92. The van der Waals surface area contributed by atoms with Crippen molar-refractivity contribution in [1.29, 1.82) is 0 Å². The van der Waals surface area contributed by atoms with Gasteiger partial charge in [-0.25, -0.2) is 0 Å². The molecule has 0 bridgehead atoms. The van der Waals surface area contributed by atoms with E-state index in [2.05, 4.69) is 117 Å². The maximum absolute atomic E-state index is 5.82. The van der Waals surface area contributed by atoms with E-state index in [9.17, 15) is 0 Å². The highest BCUT2D eigenvalue weighted by Crippen LogP contribution is 2.29. The number of ether oxygens (including phenoxy) is 1. The number of quaternary nitrogens is 1. The molecule has 0 unspecified atom stereocenters. The van der Waals surface area contributed by atoms with Crippen LogP contribution in [0.15, 0.2) is 78.9 Å². The first-order valence-corrected chi connectivity index (χ1v) is 10.9. The van der Waals surface area contributed by atoms with Crippen LogP contribution in [0.1, 0.15) is 42.9 Å². The lowest BCUT2D eigenvalue weighted by atomic mass is 9.88. The molecule has 2 N–H and O–H groups in total. The van der Waals surface area contributed by atoms with Crippen molar-refractivity contribution in [3.63, 3.8) is 0 Å². The third-order valence-corrected chi connectivity index (χ3v) is 5.35. The van der Waals surface area contributed by atoms with Crippen LogP contribution in [0.3, 0.4) is 0 Å². The zero-order chi connectivity index (χ0) is 21.3. The van der Waals surface area contributed by atoms with Gasteiger partial charge < -0.3 is 15.0 Å². The van der Waals surface area contributed by atoms with Crippen molar-refractivity contribution in [3.05, 3.63) is 95.6 Å². The molecule has 0 aromatic heterocycles. The van der Waals surface area contributed by atoms with Crippen molar-refractivity contribution in [3.8, 4) is 5.75 Å². The minimum Gasteiger partial charge on any atom is -0.491 e. The van der Waals surface area contributed by atoms with Gasteiger partial charge in [-0.2, -0.15) is 0 Å². The number of hydrogen-bond acceptors (Lipinski definition) is 2. The lowest BCUT2D eigenvalue weighted by molar-refractivity contribution is -0.671. The predicted molar refractivity (Wildman–Crippen MR) is 126 cm³/mol. The van der Waals surface area contributed by atoms with Gasteiger partial charge in [0.15, 0.2) is 0 Å². The Labute approximate surface area is 181 Å². The van der Waals surface area contributed by atoms with E-state index in [1.165, 1.54) is 22.4 Å². The second kappa shape index (κ2) is 10.8. The van der Waals surface area contributed by atoms with Crippen LogP contribution in [0.4, 0.5) is 5.69 Å². The van der Waals surface area contributed by atoms with Crippen LogP contribution in [0.25, 0.3) is 0 Å². The van der Waals surface area contributed by atoms with Crippen LogP contribution in [0.5, 0.6) is 5.75 Å². The Balaban J connectivity index is 1.62. The number of benzene rings is 3. The Bertz CT molecular complexity index is 871. The molecule has 0 heterocycles. The highest BCUT2D eigenvalue weighted by Gasteiger charge is 2.15. The summed E-state index contributed by atoms with van der Waals surface area (Å²) in [5.74, 6) is 1.33. The zero-order valence-electron chi connectivity index (χ0n) is 18.7. The first-order chi connectivity index (χ1) is 14.5. The van der Waals surface area contributed by atoms with Crippen molar-refractivity contribution in [2.24, 2.45) is 0 Å². The summed E-state index contributed by atoms with van der Waals surface area (Å²) in [5, 5.41) is 2.41. The lowest BCUT2D eigenvalue weighted by Gasteiger charge is -2.18. The van der Waals surface area contributed by atoms with E-state index in [0.717, 1.165) is 25.3 Å². The molecule has 3 heteroatoms. The number of hydrogen-bond donors (Lipinski definition) is 1. The number of nitrogens with zero attached hydrogens (tertiary/aromatic N) is 1. The maximum atomic E-state index is 5.82. The predicted octanol–water partition coefficient (Wildman–Crippen LogP) is 4.83. The molecular weight excluding hydrogens is 368 g/mol. The SMILES string of the molecule is CC(C)Oc1ccc([C@H](CC[NH2+]Cc2ccc(N(C)C)cc2)c2ccccc2)cc1. The fraction of sp³-hybridized carbons (Fsp3) is 0.333. The fourth-order valence-electron chi connectivity index (χ4n) is 3.75. The summed E-state index contributed by atoms with van der Waals surface area (Å²) < 4.78 is 5.82. The van der Waals surface area contributed by atoms with Crippen LogP contribution >= 0.6 is 0 Å². The molecule has 0 aliphatic heterocycles. The molecule has 3 aromatic rings. The molecule has 0 amide bonds. The Morgan fingerprint density at radius 3 is 2.03 bits per heavy atom. The number of nitrogens with two attached hydrogens (primary N) is 1. The van der Waals surface area contributed by atoms with Crippen molar-refractivity contribution in [2.75, 3.05) is 25.5 Å². The maximum Gasteiger partial charge on any atom is 0.119 e. The quantitative estimate of drug-likeness (QED) is 0.492. The summed E-state index contributed by atoms with van der Waals surface area (Å²) in [5.41, 5.74) is 5.33. The molecular formula is C27H35N2O+. The van der Waals surface area contributed by atoms with E-state index in [0.29, 0.717) is 5.92 Å². The van der Waals surface area contributed by atoms with Gasteiger partial charge >= 0.3 is 0 Å². The molecule has 0 saturated heterocycles. The third kappa shape index (κ3) is 6.36. The molecule has 0 saturated carbocycles. The van der Waals surface area contributed by atoms with Gasteiger partial charge in [0, 0.05) is 37.7 Å². The van der Waals surface area contributed by atoms with Crippen LogP contribution in [0, 0.1) is 0 Å². The van der Waals surface area contributed by atoms with Gasteiger partial charge in [0.25, 0.3) is 0 Å². The minimum atomic E-state index is 0.196. The van der Waals surface area contributed by atoms with E-state index in [4.69, 9.17) is 4.74 Å². The molecule has 30 heavy (non-hydrogen) atoms. The van der Waals surface area contributed by atoms with E-state index in [-0.39, 0.29) is 6.10 Å². The van der Waals surface area contributed by atoms with Crippen LogP contribution in [0.2, 0.25) is 0 Å². The van der Waals surface area contributed by atoms with Gasteiger partial charge in [-0.3, -0.25) is 0 Å². The van der Waals surface area contributed by atoms with Crippen molar-refractivity contribution >= 4 is 5.69 Å². The molecule has 0 aliphatic rings. The van der Waals surface area contributed by atoms with Crippen molar-refractivity contribution in [2.45, 2.75) is 38.8 Å². The molecule has 3 aromatic carbocycles. The smallest absolute Gasteiger partial charge is 0.119 e. The van der Waals surface area contributed by atoms with E-state index in [1.807, 2.05) is 0 Å². The molecule has 0 aliphatic carbocycles. The first kappa shape index (κ1) is 21.9. The normalized spacial score (nSPS) is 12.0. The highest BCUT2D eigenvalue weighted by molar-refractivity contribution is 5.45. The molecule has 1 atom stereocenters. The van der Waals surface area contributed by atoms with Crippen LogP contribution in [-0.4, -0.2) is 26.7 Å². The highest BCUT2D eigenvalue weighted by atomic mass is 16.5. The summed E-state index contributed by atoms with van der Waals surface area (Å²) >= 11 is 0. The van der Waals surface area contributed by atoms with E-state index < -0.39 is 0 Å². The summed E-state index contributed by atoms with van der Waals surface area (Å²) in [6.07, 6.45) is 1.30. The molecule has 0 spiro atoms. The molecule has 158 valence electrons.